The number of nitrogens with one attached hydrogen (secondary N) is 2. The molecule has 0 saturated heterocycles. The van der Waals surface area contributed by atoms with Crippen LogP contribution in [0.25, 0.3) is 0 Å². The summed E-state index contributed by atoms with van der Waals surface area (Å²) < 4.78 is 7.06. The summed E-state index contributed by atoms with van der Waals surface area (Å²) in [6.07, 6.45) is 0. The standard InChI is InChI=1S/C13H16N4O3S/c1-17-11(15-16-13(17)21)10(7-18)14-12(19)8-3-5-9(20-2)6-4-8/h3-6,10,18H,7H2,1-2H3,(H,14,19)(H,16,21). The van der Waals surface area contributed by atoms with Gasteiger partial charge in [0, 0.05) is 12.6 Å². The van der Waals surface area contributed by atoms with Gasteiger partial charge in [-0.3, -0.25) is 9.89 Å². The second-order valence-corrected chi connectivity index (χ2v) is 4.77. The van der Waals surface area contributed by atoms with E-state index in [1.807, 2.05) is 0 Å². The summed E-state index contributed by atoms with van der Waals surface area (Å²) in [5.41, 5.74) is 0.464. The van der Waals surface area contributed by atoms with E-state index in [2.05, 4.69) is 15.5 Å². The number of aromatic nitrogens is 3. The van der Waals surface area contributed by atoms with E-state index in [1.54, 1.807) is 43.0 Å². The molecule has 0 saturated carbocycles. The van der Waals surface area contributed by atoms with Gasteiger partial charge < -0.3 is 19.7 Å². The number of hydrogen-bond acceptors (Lipinski definition) is 5. The molecule has 2 aromatic rings. The maximum Gasteiger partial charge on any atom is 0.251 e. The lowest BCUT2D eigenvalue weighted by Crippen LogP contribution is -2.32. The Hall–Kier alpha value is -2.19. The molecule has 0 bridgehead atoms. The van der Waals surface area contributed by atoms with Crippen molar-refractivity contribution in [2.24, 2.45) is 7.05 Å². The van der Waals surface area contributed by atoms with Crippen LogP contribution in [0, 0.1) is 4.77 Å². The van der Waals surface area contributed by atoms with Crippen LogP contribution in [0.3, 0.4) is 0 Å². The lowest BCUT2D eigenvalue weighted by Gasteiger charge is -2.15. The van der Waals surface area contributed by atoms with Gasteiger partial charge in [-0.25, -0.2) is 0 Å². The lowest BCUT2D eigenvalue weighted by molar-refractivity contribution is 0.0912. The van der Waals surface area contributed by atoms with Crippen LogP contribution in [0.15, 0.2) is 24.3 Å². The predicted octanol–water partition coefficient (Wildman–Crippen LogP) is 0.950. The zero-order chi connectivity index (χ0) is 15.4. The fraction of sp³-hybridized carbons (Fsp3) is 0.308. The van der Waals surface area contributed by atoms with E-state index >= 15 is 0 Å². The van der Waals surface area contributed by atoms with E-state index in [9.17, 15) is 9.90 Å². The van der Waals surface area contributed by atoms with Crippen LogP contribution in [0.5, 0.6) is 5.75 Å². The average Bonchev–Trinajstić information content (AvgIpc) is 2.84. The summed E-state index contributed by atoms with van der Waals surface area (Å²) in [6.45, 7) is -0.282. The van der Waals surface area contributed by atoms with Crippen LogP contribution < -0.4 is 10.1 Å². The Morgan fingerprint density at radius 2 is 2.19 bits per heavy atom. The number of nitrogens with zero attached hydrogens (tertiary/aromatic N) is 2. The first-order valence-corrected chi connectivity index (χ1v) is 6.64. The number of amides is 1. The van der Waals surface area contributed by atoms with E-state index in [1.165, 1.54) is 0 Å². The molecule has 1 heterocycles. The van der Waals surface area contributed by atoms with Gasteiger partial charge in [-0.15, -0.1) is 0 Å². The number of aromatic amines is 1. The number of aliphatic hydroxyl groups excluding tert-OH is 1. The van der Waals surface area contributed by atoms with Crippen molar-refractivity contribution < 1.29 is 14.6 Å². The molecule has 8 heteroatoms. The Kier molecular flexibility index (Phi) is 4.71. The second kappa shape index (κ2) is 6.51. The van der Waals surface area contributed by atoms with Gasteiger partial charge >= 0.3 is 0 Å². The first kappa shape index (κ1) is 15.2. The topological polar surface area (TPSA) is 92.2 Å². The molecule has 1 aromatic heterocycles. The van der Waals surface area contributed by atoms with Gasteiger partial charge in [0.05, 0.1) is 13.7 Å². The molecule has 21 heavy (non-hydrogen) atoms. The number of benzene rings is 1. The van der Waals surface area contributed by atoms with Crippen LogP contribution in [-0.4, -0.2) is 39.5 Å². The fourth-order valence-electron chi connectivity index (χ4n) is 1.85. The number of carbonyl (C=O) groups excluding carboxylic acids is 1. The van der Waals surface area contributed by atoms with Crippen molar-refractivity contribution in [3.8, 4) is 5.75 Å². The highest BCUT2D eigenvalue weighted by molar-refractivity contribution is 7.71. The van der Waals surface area contributed by atoms with Gasteiger partial charge in [0.15, 0.2) is 10.6 Å². The molecular weight excluding hydrogens is 292 g/mol. The number of aliphatic hydroxyl groups is 1. The third-order valence-corrected chi connectivity index (χ3v) is 3.43. The highest BCUT2D eigenvalue weighted by Gasteiger charge is 2.19. The Morgan fingerprint density at radius 1 is 1.52 bits per heavy atom. The molecule has 0 radical (unpaired) electrons. The van der Waals surface area contributed by atoms with E-state index < -0.39 is 6.04 Å². The zero-order valence-electron chi connectivity index (χ0n) is 11.7. The van der Waals surface area contributed by atoms with Crippen molar-refractivity contribution in [1.82, 2.24) is 20.1 Å². The quantitative estimate of drug-likeness (QED) is 0.715. The Bertz CT molecular complexity index is 677. The normalized spacial score (nSPS) is 12.0. The van der Waals surface area contributed by atoms with E-state index in [0.29, 0.717) is 21.9 Å². The number of hydrogen-bond donors (Lipinski definition) is 3. The second-order valence-electron chi connectivity index (χ2n) is 4.38. The summed E-state index contributed by atoms with van der Waals surface area (Å²) >= 11 is 5.01. The number of carbonyl (C=O) groups is 1. The molecule has 3 N–H and O–H groups in total. The first-order valence-electron chi connectivity index (χ1n) is 6.24. The van der Waals surface area contributed by atoms with Crippen LogP contribution in [0.1, 0.15) is 22.2 Å². The van der Waals surface area contributed by atoms with Gasteiger partial charge in [-0.2, -0.15) is 5.10 Å². The Morgan fingerprint density at radius 3 is 2.67 bits per heavy atom. The molecule has 0 spiro atoms. The predicted molar refractivity (Wildman–Crippen MR) is 78.7 cm³/mol. The van der Waals surface area contributed by atoms with Crippen LogP contribution in [-0.2, 0) is 7.05 Å². The van der Waals surface area contributed by atoms with Crippen molar-refractivity contribution >= 4 is 18.1 Å². The number of methoxy groups -OCH3 is 1. The summed E-state index contributed by atoms with van der Waals surface area (Å²) in [4.78, 5) is 12.2. The molecule has 112 valence electrons. The number of H-pyrrole nitrogens is 1. The smallest absolute Gasteiger partial charge is 0.251 e. The van der Waals surface area contributed by atoms with Crippen molar-refractivity contribution in [3.05, 3.63) is 40.4 Å². The molecular formula is C13H16N4O3S. The molecule has 0 aliphatic rings. The Labute approximate surface area is 126 Å². The van der Waals surface area contributed by atoms with E-state index in [4.69, 9.17) is 17.0 Å². The molecule has 0 aliphatic carbocycles. The maximum atomic E-state index is 12.2. The van der Waals surface area contributed by atoms with Gasteiger partial charge in [-0.05, 0) is 36.5 Å². The van der Waals surface area contributed by atoms with Crippen LogP contribution in [0.4, 0.5) is 0 Å². The van der Waals surface area contributed by atoms with Crippen LogP contribution >= 0.6 is 12.2 Å². The summed E-state index contributed by atoms with van der Waals surface area (Å²) in [5.74, 6) is 0.815. The van der Waals surface area contributed by atoms with Gasteiger partial charge in [0.1, 0.15) is 11.8 Å². The van der Waals surface area contributed by atoms with Gasteiger partial charge in [0.25, 0.3) is 5.91 Å². The zero-order valence-corrected chi connectivity index (χ0v) is 12.5. The highest BCUT2D eigenvalue weighted by atomic mass is 32.1. The molecule has 0 aliphatic heterocycles. The summed E-state index contributed by atoms with van der Waals surface area (Å²) in [5, 5.41) is 18.8. The minimum Gasteiger partial charge on any atom is -0.497 e. The largest absolute Gasteiger partial charge is 0.497 e. The third-order valence-electron chi connectivity index (χ3n) is 3.07. The number of rotatable bonds is 5. The lowest BCUT2D eigenvalue weighted by atomic mass is 10.2. The van der Waals surface area contributed by atoms with Gasteiger partial charge in [-0.1, -0.05) is 0 Å². The maximum absolute atomic E-state index is 12.2. The minimum absolute atomic E-state index is 0.282. The van der Waals surface area contributed by atoms with Crippen molar-refractivity contribution in [2.45, 2.75) is 6.04 Å². The molecule has 1 aromatic carbocycles. The SMILES string of the molecule is COc1ccc(C(=O)NC(CO)c2n[nH]c(=S)n2C)cc1. The van der Waals surface area contributed by atoms with Crippen molar-refractivity contribution in [2.75, 3.05) is 13.7 Å². The van der Waals surface area contributed by atoms with Crippen molar-refractivity contribution in [1.29, 1.82) is 0 Å². The molecule has 1 atom stereocenters. The van der Waals surface area contributed by atoms with E-state index in [0.717, 1.165) is 0 Å². The molecule has 2 rings (SSSR count). The molecule has 0 fully saturated rings. The molecule has 7 nitrogen and oxygen atoms in total. The molecule has 1 unspecified atom stereocenters. The monoisotopic (exact) mass is 308 g/mol. The first-order chi connectivity index (χ1) is 10.1. The van der Waals surface area contributed by atoms with Crippen LogP contribution in [0.2, 0.25) is 0 Å². The summed E-state index contributed by atoms with van der Waals surface area (Å²) in [6, 6.07) is 6.03. The molecule has 1 amide bonds. The highest BCUT2D eigenvalue weighted by Crippen LogP contribution is 2.13. The summed E-state index contributed by atoms with van der Waals surface area (Å²) in [7, 11) is 3.27. The third kappa shape index (κ3) is 3.29. The Balaban J connectivity index is 2.16. The van der Waals surface area contributed by atoms with Gasteiger partial charge in [0.2, 0.25) is 0 Å². The van der Waals surface area contributed by atoms with E-state index in [-0.39, 0.29) is 12.5 Å². The van der Waals surface area contributed by atoms with Crippen molar-refractivity contribution in [3.63, 3.8) is 0 Å². The number of ether oxygens (including phenoxy) is 1. The minimum atomic E-state index is -0.641. The average molecular weight is 308 g/mol. The fourth-order valence-corrected chi connectivity index (χ4v) is 1.99.